The maximum absolute atomic E-state index is 10.3. The third kappa shape index (κ3) is 2.96. The first-order valence-corrected chi connectivity index (χ1v) is 2.67. The van der Waals surface area contributed by atoms with Crippen LogP contribution in [0.5, 0.6) is 0 Å². The van der Waals surface area contributed by atoms with Crippen LogP contribution in [0, 0.1) is 0 Å². The predicted octanol–water partition coefficient (Wildman–Crippen LogP) is -1.19. The maximum Gasteiger partial charge on any atom is 0.0408 e. The molecule has 0 aliphatic carbocycles. The second kappa shape index (κ2) is 3.02. The summed E-state index contributed by atoms with van der Waals surface area (Å²) in [4.78, 5) is 0. The summed E-state index contributed by atoms with van der Waals surface area (Å²) in [5.41, 5.74) is 0. The van der Waals surface area contributed by atoms with Crippen LogP contribution in [0.15, 0.2) is 0 Å². The molecular weight excluding hydrogens is 108 g/mol. The van der Waals surface area contributed by atoms with Gasteiger partial charge in [-0.2, -0.15) is 0 Å². The van der Waals surface area contributed by atoms with Crippen molar-refractivity contribution in [1.29, 1.82) is 0 Å². The molecule has 0 saturated carbocycles. The quantitative estimate of drug-likeness (QED) is 0.438. The van der Waals surface area contributed by atoms with E-state index in [9.17, 15) is 10.2 Å². The van der Waals surface area contributed by atoms with Crippen LogP contribution in [0.2, 0.25) is 0 Å². The Bertz CT molecular complexity index is 60.7. The van der Waals surface area contributed by atoms with Crippen LogP contribution in [0.1, 0.15) is 20.3 Å². The first-order valence-electron chi connectivity index (χ1n) is 2.67. The third-order valence-corrected chi connectivity index (χ3v) is 0.797. The predicted molar refractivity (Wildman–Crippen MR) is 24.6 cm³/mol. The van der Waals surface area contributed by atoms with Gasteiger partial charge >= 0.3 is 0 Å². The van der Waals surface area contributed by atoms with Crippen LogP contribution in [-0.2, 0) is 4.74 Å². The van der Waals surface area contributed by atoms with Crippen molar-refractivity contribution in [2.24, 2.45) is 0 Å². The summed E-state index contributed by atoms with van der Waals surface area (Å²) in [6, 6.07) is 0. The molecule has 0 radical (unpaired) electrons. The van der Waals surface area contributed by atoms with E-state index in [1.165, 1.54) is 6.92 Å². The van der Waals surface area contributed by atoms with E-state index in [1.54, 1.807) is 6.92 Å². The zero-order valence-corrected chi connectivity index (χ0v) is 5.14. The van der Waals surface area contributed by atoms with Crippen LogP contribution in [0.4, 0.5) is 0 Å². The summed E-state index contributed by atoms with van der Waals surface area (Å²) in [5, 5.41) is 20.6. The fraction of sp³-hybridized carbons (Fsp3) is 1.00. The molecule has 0 spiro atoms. The lowest BCUT2D eigenvalue weighted by Crippen LogP contribution is -2.57. The van der Waals surface area contributed by atoms with Gasteiger partial charge in [0.25, 0.3) is 0 Å². The number of ether oxygens (including phenoxy) is 1. The van der Waals surface area contributed by atoms with Gasteiger partial charge in [0.15, 0.2) is 0 Å². The normalized spacial score (nSPS) is 12.0. The summed E-state index contributed by atoms with van der Waals surface area (Å²) >= 11 is 0. The van der Waals surface area contributed by atoms with Crippen molar-refractivity contribution in [1.82, 2.24) is 0 Å². The van der Waals surface area contributed by atoms with Crippen LogP contribution in [0.25, 0.3) is 0 Å². The lowest BCUT2D eigenvalue weighted by atomic mass is 10.4. The Hall–Kier alpha value is -0.120. The maximum atomic E-state index is 10.3. The van der Waals surface area contributed by atoms with Gasteiger partial charge in [-0.1, -0.05) is 19.3 Å². The van der Waals surface area contributed by atoms with Gasteiger partial charge in [-0.3, -0.25) is 0 Å². The minimum absolute atomic E-state index is 0.0269. The van der Waals surface area contributed by atoms with E-state index >= 15 is 0 Å². The second-order valence-electron chi connectivity index (χ2n) is 1.47. The minimum Gasteiger partial charge on any atom is -0.842 e. The van der Waals surface area contributed by atoms with Gasteiger partial charge in [0.1, 0.15) is 0 Å². The number of hydrogen-bond donors (Lipinski definition) is 0. The first-order chi connectivity index (χ1) is 3.62. The van der Waals surface area contributed by atoms with E-state index in [2.05, 4.69) is 4.74 Å². The molecule has 0 heterocycles. The molecule has 0 rings (SSSR count). The molecule has 0 unspecified atom stereocenters. The Morgan fingerprint density at radius 1 is 1.38 bits per heavy atom. The summed E-state index contributed by atoms with van der Waals surface area (Å²) in [7, 11) is 0. The molecule has 0 aromatic carbocycles. The topological polar surface area (TPSA) is 55.3 Å². The molecule has 0 aliphatic heterocycles. The molecule has 0 aliphatic rings. The monoisotopic (exact) mass is 118 g/mol. The molecule has 0 amide bonds. The molecule has 0 fully saturated rings. The van der Waals surface area contributed by atoms with Crippen LogP contribution >= 0.6 is 0 Å². The second-order valence-corrected chi connectivity index (χ2v) is 1.47. The Labute approximate surface area is 48.9 Å². The summed E-state index contributed by atoms with van der Waals surface area (Å²) < 4.78 is 4.27. The van der Waals surface area contributed by atoms with Gasteiger partial charge in [0.05, 0.1) is 0 Å². The van der Waals surface area contributed by atoms with Crippen molar-refractivity contribution in [3.05, 3.63) is 0 Å². The third-order valence-electron chi connectivity index (χ3n) is 0.797. The van der Waals surface area contributed by atoms with Crippen molar-refractivity contribution in [2.45, 2.75) is 26.2 Å². The van der Waals surface area contributed by atoms with Crippen LogP contribution < -0.4 is 10.2 Å². The van der Waals surface area contributed by atoms with E-state index in [1.807, 2.05) is 0 Å². The van der Waals surface area contributed by atoms with E-state index in [0.717, 1.165) is 0 Å². The Morgan fingerprint density at radius 3 is 2.00 bits per heavy atom. The van der Waals surface area contributed by atoms with Crippen LogP contribution in [-0.4, -0.2) is 12.6 Å². The molecule has 0 atom stereocenters. The lowest BCUT2D eigenvalue weighted by molar-refractivity contribution is -0.785. The van der Waals surface area contributed by atoms with E-state index in [4.69, 9.17) is 0 Å². The summed E-state index contributed by atoms with van der Waals surface area (Å²) in [6.45, 7) is 3.33. The van der Waals surface area contributed by atoms with Gasteiger partial charge in [-0.25, -0.2) is 0 Å². The van der Waals surface area contributed by atoms with Crippen molar-refractivity contribution in [3.63, 3.8) is 0 Å². The van der Waals surface area contributed by atoms with E-state index in [-0.39, 0.29) is 13.0 Å². The highest BCUT2D eigenvalue weighted by Gasteiger charge is 1.93. The lowest BCUT2D eigenvalue weighted by Gasteiger charge is -2.46. The molecule has 0 bridgehead atoms. The molecule has 8 heavy (non-hydrogen) atoms. The van der Waals surface area contributed by atoms with Crippen molar-refractivity contribution in [3.8, 4) is 0 Å². The molecule has 3 heteroatoms. The standard InChI is InChI=1S/C5H10O3/c1-3-5(6,7)8-4-2/h3-4H2,1-2H3/q-2. The first kappa shape index (κ1) is 7.88. The van der Waals surface area contributed by atoms with E-state index in [0.29, 0.717) is 0 Å². The average Bonchev–Trinajstić information content (AvgIpc) is 1.67. The Balaban J connectivity index is 3.37. The number of rotatable bonds is 3. The van der Waals surface area contributed by atoms with Gasteiger partial charge in [0.2, 0.25) is 0 Å². The largest absolute Gasteiger partial charge is 0.842 e. The summed E-state index contributed by atoms with van der Waals surface area (Å²) in [6.07, 6.45) is -0.0269. The van der Waals surface area contributed by atoms with Crippen molar-refractivity contribution in [2.75, 3.05) is 6.61 Å². The Morgan fingerprint density at radius 2 is 1.88 bits per heavy atom. The van der Waals surface area contributed by atoms with Crippen molar-refractivity contribution < 1.29 is 14.9 Å². The zero-order valence-electron chi connectivity index (χ0n) is 5.14. The molecule has 0 aromatic heterocycles. The van der Waals surface area contributed by atoms with Gasteiger partial charge in [-0.15, -0.1) is 0 Å². The number of hydrogen-bond acceptors (Lipinski definition) is 3. The van der Waals surface area contributed by atoms with Gasteiger partial charge < -0.3 is 14.9 Å². The SMILES string of the molecule is CCOC([O-])([O-])CC. The molecule has 0 aromatic rings. The smallest absolute Gasteiger partial charge is 0.0408 e. The molecule has 0 N–H and O–H groups in total. The van der Waals surface area contributed by atoms with Gasteiger partial charge in [0, 0.05) is 6.61 Å². The van der Waals surface area contributed by atoms with E-state index < -0.39 is 5.97 Å². The molecule has 50 valence electrons. The van der Waals surface area contributed by atoms with Crippen molar-refractivity contribution >= 4 is 0 Å². The highest BCUT2D eigenvalue weighted by molar-refractivity contribution is 4.37. The fourth-order valence-corrected chi connectivity index (χ4v) is 0.322. The zero-order chi connectivity index (χ0) is 6.62. The van der Waals surface area contributed by atoms with Gasteiger partial charge in [-0.05, 0) is 6.92 Å². The highest BCUT2D eigenvalue weighted by Crippen LogP contribution is 1.95. The Kier molecular flexibility index (Phi) is 2.97. The molecule has 0 saturated heterocycles. The highest BCUT2D eigenvalue weighted by atomic mass is 16.8. The molecular formula is C5H10O3-2. The minimum atomic E-state index is -2.41. The van der Waals surface area contributed by atoms with Crippen LogP contribution in [0.3, 0.4) is 0 Å². The fourth-order valence-electron chi connectivity index (χ4n) is 0.322. The summed E-state index contributed by atoms with van der Waals surface area (Å²) in [5.74, 6) is -2.41. The molecule has 3 nitrogen and oxygen atoms in total. The average molecular weight is 118 g/mol.